The molecule has 0 amide bonds. The molecule has 0 aliphatic heterocycles. The molecule has 2 heterocycles. The molecule has 65 valence electrons. The molecule has 0 saturated carbocycles. The van der Waals surface area contributed by atoms with E-state index in [2.05, 4.69) is 16.3 Å². The molecule has 13 heavy (non-hydrogen) atoms. The monoisotopic (exact) mass is 212 g/mol. The Kier molecular flexibility index (Phi) is 2.20. The summed E-state index contributed by atoms with van der Waals surface area (Å²) in [6.45, 7) is 0. The predicted molar refractivity (Wildman–Crippen MR) is 50.2 cm³/mol. The van der Waals surface area contributed by atoms with E-state index in [1.54, 1.807) is 24.4 Å². The molecule has 0 aliphatic carbocycles. The molecule has 0 fully saturated rings. The molecule has 1 radical (unpaired) electrons. The van der Waals surface area contributed by atoms with Crippen LogP contribution in [0.25, 0.3) is 5.82 Å². The summed E-state index contributed by atoms with van der Waals surface area (Å²) >= 11 is 11.5. The highest BCUT2D eigenvalue weighted by atomic mass is 35.5. The fourth-order valence-corrected chi connectivity index (χ4v) is 1.24. The Hall–Kier alpha value is -1.06. The second kappa shape index (κ2) is 3.36. The summed E-state index contributed by atoms with van der Waals surface area (Å²) in [4.78, 5) is 4.04. The molecule has 2 aromatic heterocycles. The summed E-state index contributed by atoms with van der Waals surface area (Å²) in [7, 11) is 0. The first-order valence-corrected chi connectivity index (χ1v) is 4.27. The lowest BCUT2D eigenvalue weighted by Gasteiger charge is -2.00. The highest BCUT2D eigenvalue weighted by Crippen LogP contribution is 2.16. The van der Waals surface area contributed by atoms with Crippen LogP contribution in [0, 0.1) is 6.20 Å². The number of aromatic nitrogens is 3. The van der Waals surface area contributed by atoms with Crippen molar-refractivity contribution in [2.45, 2.75) is 0 Å². The number of hydrogen-bond donors (Lipinski definition) is 0. The molecule has 2 rings (SSSR count). The molecule has 5 heteroatoms. The van der Waals surface area contributed by atoms with Crippen molar-refractivity contribution >= 4 is 23.2 Å². The van der Waals surface area contributed by atoms with Crippen LogP contribution in [0.2, 0.25) is 10.2 Å². The molecule has 0 spiro atoms. The van der Waals surface area contributed by atoms with Crippen molar-refractivity contribution in [3.05, 3.63) is 40.8 Å². The van der Waals surface area contributed by atoms with Gasteiger partial charge in [0.25, 0.3) is 0 Å². The quantitative estimate of drug-likeness (QED) is 0.727. The van der Waals surface area contributed by atoms with Crippen LogP contribution >= 0.6 is 23.2 Å². The molecule has 0 aliphatic rings. The van der Waals surface area contributed by atoms with E-state index in [0.717, 1.165) is 0 Å². The van der Waals surface area contributed by atoms with Crippen LogP contribution in [0.3, 0.4) is 0 Å². The molecule has 3 nitrogen and oxygen atoms in total. The van der Waals surface area contributed by atoms with Crippen LogP contribution in [-0.4, -0.2) is 14.8 Å². The Labute approximate surface area is 84.9 Å². The van der Waals surface area contributed by atoms with Gasteiger partial charge in [0.1, 0.15) is 0 Å². The van der Waals surface area contributed by atoms with Crippen molar-refractivity contribution in [2.24, 2.45) is 0 Å². The van der Waals surface area contributed by atoms with Crippen molar-refractivity contribution in [3.8, 4) is 5.82 Å². The van der Waals surface area contributed by atoms with E-state index in [9.17, 15) is 0 Å². The summed E-state index contributed by atoms with van der Waals surface area (Å²) in [5, 5.41) is 4.80. The average Bonchev–Trinajstić information content (AvgIpc) is 2.53. The number of halogens is 2. The number of nitrogens with zero attached hydrogens (tertiary/aromatic N) is 3. The lowest BCUT2D eigenvalue weighted by atomic mass is 10.4. The maximum Gasteiger partial charge on any atom is 0.172 e. The third-order valence-electron chi connectivity index (χ3n) is 1.44. The highest BCUT2D eigenvalue weighted by Gasteiger charge is 2.04. The molecule has 0 bridgehead atoms. The van der Waals surface area contributed by atoms with Crippen molar-refractivity contribution in [1.82, 2.24) is 14.8 Å². The third kappa shape index (κ3) is 1.66. The summed E-state index contributed by atoms with van der Waals surface area (Å²) in [6, 6.07) is 5.02. The molecule has 0 unspecified atom stereocenters. The first-order valence-electron chi connectivity index (χ1n) is 3.51. The van der Waals surface area contributed by atoms with Gasteiger partial charge in [-0.25, -0.2) is 9.67 Å². The number of hydrogen-bond acceptors (Lipinski definition) is 2. The topological polar surface area (TPSA) is 30.7 Å². The van der Waals surface area contributed by atoms with Gasteiger partial charge >= 0.3 is 0 Å². The van der Waals surface area contributed by atoms with E-state index in [1.807, 2.05) is 0 Å². The van der Waals surface area contributed by atoms with Gasteiger partial charge in [0.2, 0.25) is 0 Å². The Morgan fingerprint density at radius 2 is 2.23 bits per heavy atom. The van der Waals surface area contributed by atoms with Gasteiger partial charge in [-0.1, -0.05) is 23.2 Å². The van der Waals surface area contributed by atoms with Crippen molar-refractivity contribution in [3.63, 3.8) is 0 Å². The molecule has 0 aromatic carbocycles. The van der Waals surface area contributed by atoms with E-state index in [0.29, 0.717) is 16.0 Å². The van der Waals surface area contributed by atoms with Crippen molar-refractivity contribution in [2.75, 3.05) is 0 Å². The molecular formula is C8H4Cl2N3. The zero-order valence-corrected chi connectivity index (χ0v) is 7.92. The Morgan fingerprint density at radius 3 is 2.85 bits per heavy atom. The minimum Gasteiger partial charge on any atom is -0.236 e. The smallest absolute Gasteiger partial charge is 0.172 e. The van der Waals surface area contributed by atoms with Gasteiger partial charge in [0.05, 0.1) is 11.2 Å². The minimum atomic E-state index is 0.363. The van der Waals surface area contributed by atoms with Crippen LogP contribution in [0.15, 0.2) is 24.4 Å². The minimum absolute atomic E-state index is 0.363. The summed E-state index contributed by atoms with van der Waals surface area (Å²) in [6.07, 6.45) is 4.42. The molecule has 0 N–H and O–H groups in total. The van der Waals surface area contributed by atoms with E-state index in [4.69, 9.17) is 23.2 Å². The van der Waals surface area contributed by atoms with Crippen LogP contribution in [0.4, 0.5) is 0 Å². The van der Waals surface area contributed by atoms with Crippen LogP contribution in [-0.2, 0) is 0 Å². The SMILES string of the molecule is Clc1c[c]n(-c2ncccc2Cl)n1. The van der Waals surface area contributed by atoms with Crippen LogP contribution in [0.1, 0.15) is 0 Å². The molecule has 0 saturated heterocycles. The Balaban J connectivity index is 2.52. The Morgan fingerprint density at radius 1 is 1.38 bits per heavy atom. The largest absolute Gasteiger partial charge is 0.236 e. The maximum atomic E-state index is 5.88. The van der Waals surface area contributed by atoms with Gasteiger partial charge in [-0.2, -0.15) is 5.10 Å². The first-order chi connectivity index (χ1) is 6.27. The normalized spacial score (nSPS) is 10.3. The van der Waals surface area contributed by atoms with Crippen LogP contribution in [0.5, 0.6) is 0 Å². The third-order valence-corrected chi connectivity index (χ3v) is 1.92. The Bertz CT molecular complexity index is 425. The molecular weight excluding hydrogens is 209 g/mol. The summed E-state index contributed by atoms with van der Waals surface area (Å²) in [5.41, 5.74) is 0. The van der Waals surface area contributed by atoms with E-state index >= 15 is 0 Å². The van der Waals surface area contributed by atoms with E-state index in [-0.39, 0.29) is 0 Å². The van der Waals surface area contributed by atoms with Gasteiger partial charge in [-0.15, -0.1) is 0 Å². The maximum absolute atomic E-state index is 5.88. The van der Waals surface area contributed by atoms with Gasteiger partial charge < -0.3 is 0 Å². The average molecular weight is 213 g/mol. The lowest BCUT2D eigenvalue weighted by molar-refractivity contribution is 0.841. The zero-order valence-electron chi connectivity index (χ0n) is 6.41. The molecule has 2 aromatic rings. The van der Waals surface area contributed by atoms with E-state index in [1.165, 1.54) is 4.68 Å². The second-order valence-electron chi connectivity index (χ2n) is 2.32. The predicted octanol–water partition coefficient (Wildman–Crippen LogP) is 2.37. The number of rotatable bonds is 1. The summed E-state index contributed by atoms with van der Waals surface area (Å²) < 4.78 is 1.41. The standard InChI is InChI=1S/C8H4Cl2N3/c9-6-2-1-4-11-8(6)13-5-3-7(10)12-13/h1-4H. The second-order valence-corrected chi connectivity index (χ2v) is 3.11. The molecule has 0 atom stereocenters. The van der Waals surface area contributed by atoms with Gasteiger partial charge in [0, 0.05) is 12.3 Å². The van der Waals surface area contributed by atoms with Crippen LogP contribution < -0.4 is 0 Å². The zero-order chi connectivity index (χ0) is 9.26. The lowest BCUT2D eigenvalue weighted by Crippen LogP contribution is -1.98. The van der Waals surface area contributed by atoms with Gasteiger partial charge in [-0.05, 0) is 12.1 Å². The number of pyridine rings is 1. The van der Waals surface area contributed by atoms with E-state index < -0.39 is 0 Å². The highest BCUT2D eigenvalue weighted by molar-refractivity contribution is 6.32. The van der Waals surface area contributed by atoms with Crippen molar-refractivity contribution < 1.29 is 0 Å². The van der Waals surface area contributed by atoms with Crippen molar-refractivity contribution in [1.29, 1.82) is 0 Å². The van der Waals surface area contributed by atoms with Gasteiger partial charge in [-0.3, -0.25) is 0 Å². The summed E-state index contributed by atoms with van der Waals surface area (Å²) in [5.74, 6) is 0.524. The fourth-order valence-electron chi connectivity index (χ4n) is 0.909. The first kappa shape index (κ1) is 8.53. The fraction of sp³-hybridized carbons (Fsp3) is 0. The van der Waals surface area contributed by atoms with Gasteiger partial charge in [0.15, 0.2) is 11.0 Å².